The van der Waals surface area contributed by atoms with Gasteiger partial charge in [0.2, 0.25) is 0 Å². The van der Waals surface area contributed by atoms with Crippen LogP contribution < -0.4 is 0 Å². The summed E-state index contributed by atoms with van der Waals surface area (Å²) in [5, 5.41) is 0. The lowest BCUT2D eigenvalue weighted by atomic mass is 9.61. The van der Waals surface area contributed by atoms with E-state index in [-0.39, 0.29) is 0 Å². The Labute approximate surface area is 105 Å². The van der Waals surface area contributed by atoms with Gasteiger partial charge in [0.25, 0.3) is 0 Å². The van der Waals surface area contributed by atoms with Crippen LogP contribution in [0.25, 0.3) is 0 Å². The second kappa shape index (κ2) is 4.24. The minimum absolute atomic E-state index is 0.497. The van der Waals surface area contributed by atoms with Crippen LogP contribution in [0.2, 0.25) is 0 Å². The third-order valence-corrected chi connectivity index (χ3v) is 6.05. The Balaban J connectivity index is 1.56. The van der Waals surface area contributed by atoms with Crippen LogP contribution >= 0.6 is 0 Å². The number of hydrogen-bond acceptors (Lipinski definition) is 2. The zero-order valence-electron chi connectivity index (χ0n) is 10.8. The molecule has 0 spiro atoms. The van der Waals surface area contributed by atoms with Crippen LogP contribution in [0.4, 0.5) is 0 Å². The first-order valence-electron chi connectivity index (χ1n) is 7.81. The van der Waals surface area contributed by atoms with Crippen LogP contribution in [0.5, 0.6) is 0 Å². The van der Waals surface area contributed by atoms with Gasteiger partial charge in [-0.15, -0.1) is 0 Å². The molecule has 0 N–H and O–H groups in total. The Kier molecular flexibility index (Phi) is 2.69. The van der Waals surface area contributed by atoms with Crippen LogP contribution in [0.15, 0.2) is 0 Å². The van der Waals surface area contributed by atoms with E-state index in [2.05, 4.69) is 4.90 Å². The van der Waals surface area contributed by atoms with Crippen LogP contribution in [-0.2, 0) is 4.74 Å². The van der Waals surface area contributed by atoms with Gasteiger partial charge in [-0.1, -0.05) is 19.3 Å². The summed E-state index contributed by atoms with van der Waals surface area (Å²) in [7, 11) is 0. The lowest BCUT2D eigenvalue weighted by molar-refractivity contribution is -0.0854. The highest BCUT2D eigenvalue weighted by Gasteiger charge is 2.47. The molecule has 2 aliphatic heterocycles. The van der Waals surface area contributed by atoms with Crippen LogP contribution in [-0.4, -0.2) is 30.3 Å². The molecule has 4 fully saturated rings. The molecule has 5 unspecified atom stereocenters. The normalized spacial score (nSPS) is 50.5. The maximum Gasteiger partial charge on any atom is 0.111 e. The van der Waals surface area contributed by atoms with Crippen molar-refractivity contribution in [3.8, 4) is 0 Å². The average molecular weight is 235 g/mol. The van der Waals surface area contributed by atoms with Gasteiger partial charge < -0.3 is 4.74 Å². The molecule has 4 rings (SSSR count). The van der Waals surface area contributed by atoms with Crippen molar-refractivity contribution >= 4 is 0 Å². The molecule has 5 atom stereocenters. The molecule has 0 aromatic heterocycles. The summed E-state index contributed by atoms with van der Waals surface area (Å²) >= 11 is 0. The summed E-state index contributed by atoms with van der Waals surface area (Å²) < 4.78 is 5.87. The number of nitrogens with zero attached hydrogens (tertiary/aromatic N) is 1. The number of ether oxygens (including phenoxy) is 1. The molecule has 2 heterocycles. The maximum atomic E-state index is 5.87. The highest BCUT2D eigenvalue weighted by Crippen LogP contribution is 2.49. The monoisotopic (exact) mass is 235 g/mol. The SMILES string of the molecule is C1CCC2C(C1)CCC1C2CCC2OCCN21. The Morgan fingerprint density at radius 2 is 1.76 bits per heavy atom. The van der Waals surface area contributed by atoms with E-state index < -0.39 is 0 Å². The molecule has 2 saturated heterocycles. The fourth-order valence-corrected chi connectivity index (χ4v) is 5.36. The quantitative estimate of drug-likeness (QED) is 0.640. The largest absolute Gasteiger partial charge is 0.362 e. The van der Waals surface area contributed by atoms with Gasteiger partial charge >= 0.3 is 0 Å². The first-order valence-corrected chi connectivity index (χ1v) is 7.81. The van der Waals surface area contributed by atoms with Gasteiger partial charge in [-0.3, -0.25) is 4.90 Å². The van der Waals surface area contributed by atoms with Gasteiger partial charge in [0, 0.05) is 12.6 Å². The van der Waals surface area contributed by atoms with E-state index in [9.17, 15) is 0 Å². The van der Waals surface area contributed by atoms with E-state index in [1.807, 2.05) is 0 Å². The summed E-state index contributed by atoms with van der Waals surface area (Å²) in [5.74, 6) is 3.18. The predicted octanol–water partition coefficient (Wildman–Crippen LogP) is 3.02. The number of piperidine rings is 1. The number of fused-ring (bicyclic) bond motifs is 5. The molecule has 2 aliphatic carbocycles. The van der Waals surface area contributed by atoms with Gasteiger partial charge in [-0.05, 0) is 49.9 Å². The van der Waals surface area contributed by atoms with E-state index in [0.717, 1.165) is 30.4 Å². The summed E-state index contributed by atoms with van der Waals surface area (Å²) in [5.41, 5.74) is 0. The molecular weight excluding hydrogens is 210 g/mol. The fourth-order valence-electron chi connectivity index (χ4n) is 5.36. The summed E-state index contributed by atoms with van der Waals surface area (Å²) in [6.07, 6.45) is 12.3. The molecule has 2 saturated carbocycles. The lowest BCUT2D eigenvalue weighted by Crippen LogP contribution is -2.54. The first kappa shape index (κ1) is 10.8. The Morgan fingerprint density at radius 3 is 2.76 bits per heavy atom. The van der Waals surface area contributed by atoms with Gasteiger partial charge in [-0.25, -0.2) is 0 Å². The van der Waals surface area contributed by atoms with E-state index in [1.165, 1.54) is 57.9 Å². The molecule has 0 radical (unpaired) electrons. The lowest BCUT2D eigenvalue weighted by Gasteiger charge is -2.52. The molecule has 0 aromatic carbocycles. The van der Waals surface area contributed by atoms with Crippen molar-refractivity contribution in [2.45, 2.75) is 63.6 Å². The predicted molar refractivity (Wildman–Crippen MR) is 67.6 cm³/mol. The smallest absolute Gasteiger partial charge is 0.111 e. The van der Waals surface area contributed by atoms with Crippen molar-refractivity contribution in [3.05, 3.63) is 0 Å². The maximum absolute atomic E-state index is 5.87. The molecule has 2 heteroatoms. The summed E-state index contributed by atoms with van der Waals surface area (Å²) in [6.45, 7) is 2.20. The molecule has 2 nitrogen and oxygen atoms in total. The highest BCUT2D eigenvalue weighted by molar-refractivity contribution is 4.98. The molecule has 96 valence electrons. The van der Waals surface area contributed by atoms with Crippen LogP contribution in [0.1, 0.15) is 51.4 Å². The molecule has 0 aromatic rings. The number of rotatable bonds is 0. The molecule has 0 amide bonds. The second-order valence-corrected chi connectivity index (χ2v) is 6.66. The van der Waals surface area contributed by atoms with E-state index in [4.69, 9.17) is 4.74 Å². The van der Waals surface area contributed by atoms with Crippen LogP contribution in [0.3, 0.4) is 0 Å². The van der Waals surface area contributed by atoms with Crippen molar-refractivity contribution in [3.63, 3.8) is 0 Å². The molecular formula is C15H25NO. The van der Waals surface area contributed by atoms with Crippen molar-refractivity contribution in [1.29, 1.82) is 0 Å². The van der Waals surface area contributed by atoms with E-state index >= 15 is 0 Å². The zero-order valence-corrected chi connectivity index (χ0v) is 10.8. The van der Waals surface area contributed by atoms with Gasteiger partial charge in [0.05, 0.1) is 6.61 Å². The topological polar surface area (TPSA) is 12.5 Å². The van der Waals surface area contributed by atoms with Gasteiger partial charge in [0.15, 0.2) is 0 Å². The minimum atomic E-state index is 0.497. The van der Waals surface area contributed by atoms with Crippen molar-refractivity contribution in [2.75, 3.05) is 13.2 Å². The molecule has 0 bridgehead atoms. The molecule has 4 aliphatic rings. The highest BCUT2D eigenvalue weighted by atomic mass is 16.5. The summed E-state index contributed by atoms with van der Waals surface area (Å²) in [4.78, 5) is 2.72. The Morgan fingerprint density at radius 1 is 0.824 bits per heavy atom. The van der Waals surface area contributed by atoms with Crippen molar-refractivity contribution in [1.82, 2.24) is 4.90 Å². The molecule has 17 heavy (non-hydrogen) atoms. The van der Waals surface area contributed by atoms with E-state index in [0.29, 0.717) is 6.23 Å². The third-order valence-electron chi connectivity index (χ3n) is 6.05. The van der Waals surface area contributed by atoms with Crippen molar-refractivity contribution in [2.24, 2.45) is 17.8 Å². The Hall–Kier alpha value is -0.0800. The first-order chi connectivity index (χ1) is 8.43. The second-order valence-electron chi connectivity index (χ2n) is 6.66. The average Bonchev–Trinajstić information content (AvgIpc) is 2.86. The van der Waals surface area contributed by atoms with Gasteiger partial charge in [-0.2, -0.15) is 0 Å². The zero-order chi connectivity index (χ0) is 11.2. The fraction of sp³-hybridized carbons (Fsp3) is 1.00. The number of hydrogen-bond donors (Lipinski definition) is 0. The summed E-state index contributed by atoms with van der Waals surface area (Å²) in [6, 6.07) is 0.885. The van der Waals surface area contributed by atoms with Crippen molar-refractivity contribution < 1.29 is 4.74 Å². The Bertz CT molecular complexity index is 293. The third kappa shape index (κ3) is 1.67. The standard InChI is InChI=1S/C15H25NO/c1-2-4-12-11(3-1)5-7-14-13(12)6-8-15-16(14)9-10-17-15/h11-15H,1-10H2. The minimum Gasteiger partial charge on any atom is -0.362 e. The van der Waals surface area contributed by atoms with E-state index in [1.54, 1.807) is 0 Å². The van der Waals surface area contributed by atoms with Crippen LogP contribution in [0, 0.1) is 17.8 Å². The van der Waals surface area contributed by atoms with Gasteiger partial charge in [0.1, 0.15) is 6.23 Å².